The molecule has 0 radical (unpaired) electrons. The molecule has 0 aliphatic heterocycles. The van der Waals surface area contributed by atoms with Crippen LogP contribution in [0.4, 0.5) is 5.69 Å². The summed E-state index contributed by atoms with van der Waals surface area (Å²) in [7, 11) is 0. The van der Waals surface area contributed by atoms with E-state index in [0.29, 0.717) is 29.7 Å². The molecule has 6 heteroatoms. The molecular formula is C14H20ClNO4. The number of aryl methyl sites for hydroxylation is 1. The van der Waals surface area contributed by atoms with Gasteiger partial charge in [0.25, 0.3) is 0 Å². The van der Waals surface area contributed by atoms with E-state index in [2.05, 4.69) is 0 Å². The van der Waals surface area contributed by atoms with Gasteiger partial charge < -0.3 is 19.9 Å². The minimum absolute atomic E-state index is 0.0166. The maximum Gasteiger partial charge on any atom is 0.316 e. The first-order valence-electron chi connectivity index (χ1n) is 6.47. The molecule has 0 unspecified atom stereocenters. The number of hydrogen-bond donors (Lipinski definition) is 1. The summed E-state index contributed by atoms with van der Waals surface area (Å²) in [5.41, 5.74) is 6.96. The maximum absolute atomic E-state index is 11.8. The van der Waals surface area contributed by atoms with E-state index in [1.54, 1.807) is 13.0 Å². The summed E-state index contributed by atoms with van der Waals surface area (Å²) in [6.45, 7) is 6.39. The van der Waals surface area contributed by atoms with E-state index < -0.39 is 12.3 Å². The number of rotatable bonds is 7. The zero-order valence-corrected chi connectivity index (χ0v) is 12.7. The molecule has 0 aliphatic rings. The molecule has 112 valence electrons. The van der Waals surface area contributed by atoms with Gasteiger partial charge in [0, 0.05) is 19.3 Å². The van der Waals surface area contributed by atoms with Gasteiger partial charge in [-0.25, -0.2) is 0 Å². The molecule has 2 N–H and O–H groups in total. The molecule has 0 aliphatic carbocycles. The number of carbonyl (C=O) groups is 1. The number of hydrogen-bond acceptors (Lipinski definition) is 5. The highest BCUT2D eigenvalue weighted by atomic mass is 35.5. The zero-order valence-electron chi connectivity index (χ0n) is 11.9. The van der Waals surface area contributed by atoms with Crippen LogP contribution in [-0.2, 0) is 14.3 Å². The Kier molecular flexibility index (Phi) is 6.78. The fourth-order valence-electron chi connectivity index (χ4n) is 1.63. The first kappa shape index (κ1) is 16.8. The van der Waals surface area contributed by atoms with E-state index in [1.807, 2.05) is 13.8 Å². The van der Waals surface area contributed by atoms with Crippen molar-refractivity contribution in [3.63, 3.8) is 0 Å². The van der Waals surface area contributed by atoms with Gasteiger partial charge in [0.2, 0.25) is 0 Å². The SMILES string of the molecule is CCOC(CC(=O)Oc1cc(C)c(N)c(Cl)c1)OCC. The predicted octanol–water partition coefficient (Wildman–Crippen LogP) is 2.93. The molecular weight excluding hydrogens is 282 g/mol. The molecule has 0 aromatic heterocycles. The maximum atomic E-state index is 11.8. The molecule has 0 heterocycles. The second kappa shape index (κ2) is 8.09. The van der Waals surface area contributed by atoms with Gasteiger partial charge in [-0.1, -0.05) is 11.6 Å². The van der Waals surface area contributed by atoms with Gasteiger partial charge in [0.1, 0.15) is 5.75 Å². The van der Waals surface area contributed by atoms with E-state index in [9.17, 15) is 4.79 Å². The van der Waals surface area contributed by atoms with Gasteiger partial charge in [-0.15, -0.1) is 0 Å². The van der Waals surface area contributed by atoms with Crippen LogP contribution in [-0.4, -0.2) is 25.5 Å². The van der Waals surface area contributed by atoms with Gasteiger partial charge in [-0.2, -0.15) is 0 Å². The fraction of sp³-hybridized carbons (Fsp3) is 0.500. The van der Waals surface area contributed by atoms with Gasteiger partial charge in [-0.05, 0) is 32.4 Å². The van der Waals surface area contributed by atoms with Gasteiger partial charge in [0.05, 0.1) is 17.1 Å². The number of nitrogen functional groups attached to an aromatic ring is 1. The number of nitrogens with two attached hydrogens (primary N) is 1. The normalized spacial score (nSPS) is 10.8. The molecule has 5 nitrogen and oxygen atoms in total. The van der Waals surface area contributed by atoms with Crippen molar-refractivity contribution >= 4 is 23.3 Å². The molecule has 20 heavy (non-hydrogen) atoms. The average molecular weight is 302 g/mol. The standard InChI is InChI=1S/C14H20ClNO4/c1-4-18-13(19-5-2)8-12(17)20-10-6-9(3)14(16)11(15)7-10/h6-7,13H,4-5,8,16H2,1-3H3. The Balaban J connectivity index is 2.65. The Hall–Kier alpha value is -1.30. The third-order valence-electron chi connectivity index (χ3n) is 2.58. The summed E-state index contributed by atoms with van der Waals surface area (Å²) in [6, 6.07) is 3.17. The summed E-state index contributed by atoms with van der Waals surface area (Å²) < 4.78 is 15.8. The summed E-state index contributed by atoms with van der Waals surface area (Å²) in [5, 5.41) is 0.360. The lowest BCUT2D eigenvalue weighted by molar-refractivity contribution is -0.162. The molecule has 0 saturated carbocycles. The van der Waals surface area contributed by atoms with Crippen molar-refractivity contribution in [3.8, 4) is 5.75 Å². The molecule has 0 amide bonds. The lowest BCUT2D eigenvalue weighted by Gasteiger charge is -2.16. The molecule has 1 aromatic carbocycles. The van der Waals surface area contributed by atoms with Crippen LogP contribution in [0.5, 0.6) is 5.75 Å². The Morgan fingerprint density at radius 2 is 1.90 bits per heavy atom. The topological polar surface area (TPSA) is 70.8 Å². The fourth-order valence-corrected chi connectivity index (χ4v) is 1.89. The van der Waals surface area contributed by atoms with Crippen molar-refractivity contribution in [3.05, 3.63) is 22.7 Å². The predicted molar refractivity (Wildman–Crippen MR) is 77.9 cm³/mol. The average Bonchev–Trinajstić information content (AvgIpc) is 2.36. The van der Waals surface area contributed by atoms with Gasteiger partial charge in [-0.3, -0.25) is 4.79 Å². The summed E-state index contributed by atoms with van der Waals surface area (Å²) in [6.07, 6.45) is -0.578. The van der Waals surface area contributed by atoms with E-state index in [1.165, 1.54) is 6.07 Å². The lowest BCUT2D eigenvalue weighted by Crippen LogP contribution is -2.24. The summed E-state index contributed by atoms with van der Waals surface area (Å²) in [5.74, 6) is -0.0874. The molecule has 0 fully saturated rings. The van der Waals surface area contributed by atoms with E-state index in [-0.39, 0.29) is 6.42 Å². The number of anilines is 1. The van der Waals surface area contributed by atoms with Gasteiger partial charge >= 0.3 is 5.97 Å². The Bertz CT molecular complexity index is 435. The minimum Gasteiger partial charge on any atom is -0.426 e. The smallest absolute Gasteiger partial charge is 0.316 e. The summed E-state index contributed by atoms with van der Waals surface area (Å²) in [4.78, 5) is 11.8. The van der Waals surface area contributed by atoms with Crippen LogP contribution in [0.15, 0.2) is 12.1 Å². The first-order chi connectivity index (χ1) is 9.47. The van der Waals surface area contributed by atoms with Crippen LogP contribution >= 0.6 is 11.6 Å². The van der Waals surface area contributed by atoms with Crippen molar-refractivity contribution in [2.24, 2.45) is 0 Å². The van der Waals surface area contributed by atoms with Crippen molar-refractivity contribution in [2.45, 2.75) is 33.5 Å². The monoisotopic (exact) mass is 301 g/mol. The third kappa shape index (κ3) is 5.00. The molecule has 0 spiro atoms. The van der Waals surface area contributed by atoms with Crippen molar-refractivity contribution in [2.75, 3.05) is 18.9 Å². The van der Waals surface area contributed by atoms with Crippen molar-refractivity contribution in [1.29, 1.82) is 0 Å². The van der Waals surface area contributed by atoms with Crippen LogP contribution in [0, 0.1) is 6.92 Å². The lowest BCUT2D eigenvalue weighted by atomic mass is 10.2. The number of esters is 1. The van der Waals surface area contributed by atoms with E-state index in [0.717, 1.165) is 5.56 Å². The second-order valence-corrected chi connectivity index (χ2v) is 4.56. The highest BCUT2D eigenvalue weighted by molar-refractivity contribution is 6.33. The van der Waals surface area contributed by atoms with E-state index >= 15 is 0 Å². The van der Waals surface area contributed by atoms with E-state index in [4.69, 9.17) is 31.5 Å². The number of benzene rings is 1. The first-order valence-corrected chi connectivity index (χ1v) is 6.85. The van der Waals surface area contributed by atoms with Crippen LogP contribution in [0.3, 0.4) is 0 Å². The molecule has 0 atom stereocenters. The second-order valence-electron chi connectivity index (χ2n) is 4.15. The summed E-state index contributed by atoms with van der Waals surface area (Å²) >= 11 is 5.94. The van der Waals surface area contributed by atoms with Crippen LogP contribution in [0.2, 0.25) is 5.02 Å². The Labute approximate surface area is 123 Å². The largest absolute Gasteiger partial charge is 0.426 e. The molecule has 0 bridgehead atoms. The van der Waals surface area contributed by atoms with Crippen molar-refractivity contribution in [1.82, 2.24) is 0 Å². The molecule has 0 saturated heterocycles. The third-order valence-corrected chi connectivity index (χ3v) is 2.89. The Morgan fingerprint density at radius 1 is 1.30 bits per heavy atom. The van der Waals surface area contributed by atoms with Crippen LogP contribution in [0.1, 0.15) is 25.8 Å². The van der Waals surface area contributed by atoms with Gasteiger partial charge in [0.15, 0.2) is 6.29 Å². The number of carbonyl (C=O) groups excluding carboxylic acids is 1. The minimum atomic E-state index is -0.595. The van der Waals surface area contributed by atoms with Crippen LogP contribution in [0.25, 0.3) is 0 Å². The number of ether oxygens (including phenoxy) is 3. The highest BCUT2D eigenvalue weighted by Gasteiger charge is 2.16. The quantitative estimate of drug-likeness (QED) is 0.363. The van der Waals surface area contributed by atoms with Crippen molar-refractivity contribution < 1.29 is 19.0 Å². The number of halogens is 1. The zero-order chi connectivity index (χ0) is 15.1. The molecule has 1 rings (SSSR count). The Morgan fingerprint density at radius 3 is 2.40 bits per heavy atom. The van der Waals surface area contributed by atoms with Crippen LogP contribution < -0.4 is 10.5 Å². The highest BCUT2D eigenvalue weighted by Crippen LogP contribution is 2.28. The molecule has 1 aromatic rings.